The van der Waals surface area contributed by atoms with Crippen molar-refractivity contribution in [3.63, 3.8) is 0 Å². The van der Waals surface area contributed by atoms with E-state index >= 15 is 0 Å². The van der Waals surface area contributed by atoms with Crippen LogP contribution in [-0.4, -0.2) is 37.6 Å². The summed E-state index contributed by atoms with van der Waals surface area (Å²) in [5, 5.41) is 2.94. The summed E-state index contributed by atoms with van der Waals surface area (Å²) in [7, 11) is 2.60. The van der Waals surface area contributed by atoms with Crippen molar-refractivity contribution < 1.29 is 23.9 Å². The fourth-order valence-corrected chi connectivity index (χ4v) is 4.74. The van der Waals surface area contributed by atoms with Gasteiger partial charge in [-0.2, -0.15) is 0 Å². The van der Waals surface area contributed by atoms with E-state index in [-0.39, 0.29) is 12.3 Å². The molecule has 0 saturated heterocycles. The summed E-state index contributed by atoms with van der Waals surface area (Å²) in [6.07, 6.45) is 1.86. The number of hydrogen-bond donors (Lipinski definition) is 1. The van der Waals surface area contributed by atoms with Crippen LogP contribution in [0.15, 0.2) is 97.1 Å². The number of benzene rings is 3. The molecule has 1 aliphatic carbocycles. The third-order valence-corrected chi connectivity index (χ3v) is 6.44. The summed E-state index contributed by atoms with van der Waals surface area (Å²) in [5.41, 5.74) is 1.01. The van der Waals surface area contributed by atoms with Crippen LogP contribution in [0.2, 0.25) is 0 Å². The van der Waals surface area contributed by atoms with E-state index in [0.717, 1.165) is 11.1 Å². The summed E-state index contributed by atoms with van der Waals surface area (Å²) in [5.74, 6) is -2.67. The van der Waals surface area contributed by atoms with Crippen LogP contribution in [0, 0.1) is 5.92 Å². The van der Waals surface area contributed by atoms with Crippen molar-refractivity contribution in [2.24, 2.45) is 5.92 Å². The summed E-state index contributed by atoms with van der Waals surface area (Å²) in [6.45, 7) is 0. The Hall–Kier alpha value is -4.19. The molecule has 0 aliphatic heterocycles. The Kier molecular flexibility index (Phi) is 7.11. The second-order valence-corrected chi connectivity index (χ2v) is 8.43. The predicted molar refractivity (Wildman–Crippen MR) is 132 cm³/mol. The molecule has 0 saturated carbocycles. The van der Waals surface area contributed by atoms with Gasteiger partial charge in [0.25, 0.3) is 5.91 Å². The van der Waals surface area contributed by atoms with Crippen LogP contribution >= 0.6 is 0 Å². The minimum atomic E-state index is -1.60. The van der Waals surface area contributed by atoms with Gasteiger partial charge in [0.2, 0.25) is 0 Å². The lowest BCUT2D eigenvalue weighted by Crippen LogP contribution is -2.59. The Labute approximate surface area is 204 Å². The fraction of sp³-hybridized carbons (Fsp3) is 0.207. The number of rotatable bonds is 6. The highest BCUT2D eigenvalue weighted by Crippen LogP contribution is 2.46. The molecule has 1 amide bonds. The Balaban J connectivity index is 1.93. The molecule has 1 unspecified atom stereocenters. The van der Waals surface area contributed by atoms with Gasteiger partial charge in [-0.05, 0) is 35.3 Å². The van der Waals surface area contributed by atoms with Crippen molar-refractivity contribution in [1.29, 1.82) is 0 Å². The second-order valence-electron chi connectivity index (χ2n) is 8.43. The second kappa shape index (κ2) is 10.4. The number of allylic oxidation sites excluding steroid dienone is 1. The summed E-state index contributed by atoms with van der Waals surface area (Å²) in [6, 6.07) is 27.6. The number of amides is 1. The van der Waals surface area contributed by atoms with Crippen LogP contribution in [0.1, 0.15) is 33.8 Å². The molecule has 0 radical (unpaired) electrons. The Morgan fingerprint density at radius 3 is 1.94 bits per heavy atom. The number of methoxy groups -OCH3 is 2. The van der Waals surface area contributed by atoms with E-state index in [2.05, 4.69) is 5.32 Å². The number of hydrogen-bond acceptors (Lipinski definition) is 5. The highest BCUT2D eigenvalue weighted by molar-refractivity contribution is 6.06. The maximum Gasteiger partial charge on any atom is 0.336 e. The van der Waals surface area contributed by atoms with E-state index in [4.69, 9.17) is 9.47 Å². The topological polar surface area (TPSA) is 81.7 Å². The zero-order chi connectivity index (χ0) is 24.8. The van der Waals surface area contributed by atoms with Crippen LogP contribution < -0.4 is 5.32 Å². The van der Waals surface area contributed by atoms with Gasteiger partial charge in [-0.3, -0.25) is 9.59 Å². The fourth-order valence-electron chi connectivity index (χ4n) is 4.74. The molecule has 6 nitrogen and oxygen atoms in total. The van der Waals surface area contributed by atoms with E-state index in [0.29, 0.717) is 11.1 Å². The van der Waals surface area contributed by atoms with Crippen molar-refractivity contribution in [3.05, 3.63) is 114 Å². The average Bonchev–Trinajstić information content (AvgIpc) is 2.93. The first-order chi connectivity index (χ1) is 17.0. The zero-order valence-electron chi connectivity index (χ0n) is 19.6. The normalized spacial score (nSPS) is 21.4. The number of ether oxygens (including phenoxy) is 2. The van der Waals surface area contributed by atoms with Crippen molar-refractivity contribution in [2.45, 2.75) is 17.9 Å². The van der Waals surface area contributed by atoms with Gasteiger partial charge in [-0.1, -0.05) is 84.9 Å². The third kappa shape index (κ3) is 4.73. The minimum absolute atomic E-state index is 0.0226. The molecule has 0 spiro atoms. The number of carbonyl (C=O) groups excluding carboxylic acids is 3. The summed E-state index contributed by atoms with van der Waals surface area (Å²) >= 11 is 0. The Morgan fingerprint density at radius 2 is 1.37 bits per heavy atom. The molecule has 3 aromatic carbocycles. The molecule has 0 fully saturated rings. The maximum atomic E-state index is 13.5. The van der Waals surface area contributed by atoms with Gasteiger partial charge in [0.1, 0.15) is 0 Å². The van der Waals surface area contributed by atoms with Gasteiger partial charge in [0.05, 0.1) is 20.1 Å². The van der Waals surface area contributed by atoms with Gasteiger partial charge in [-0.15, -0.1) is 0 Å². The SMILES string of the molecule is COC(=O)[C@@H]1CC(NC(=O)c2ccccc2)(C(=O)OC)C(c2ccccc2)=C[C@@H]1c1ccccc1. The quantitative estimate of drug-likeness (QED) is 0.542. The Morgan fingerprint density at radius 1 is 0.800 bits per heavy atom. The lowest BCUT2D eigenvalue weighted by Gasteiger charge is -2.42. The molecule has 35 heavy (non-hydrogen) atoms. The van der Waals surface area contributed by atoms with Crippen molar-refractivity contribution in [3.8, 4) is 0 Å². The third-order valence-electron chi connectivity index (χ3n) is 6.44. The maximum absolute atomic E-state index is 13.5. The molecular formula is C29H27NO5. The Bertz CT molecular complexity index is 1220. The monoisotopic (exact) mass is 469 g/mol. The van der Waals surface area contributed by atoms with E-state index < -0.39 is 29.3 Å². The first-order valence-corrected chi connectivity index (χ1v) is 11.4. The van der Waals surface area contributed by atoms with Gasteiger partial charge < -0.3 is 14.8 Å². The van der Waals surface area contributed by atoms with Gasteiger partial charge in [0, 0.05) is 11.5 Å². The molecule has 0 heterocycles. The molecule has 3 atom stereocenters. The molecule has 1 N–H and O–H groups in total. The van der Waals surface area contributed by atoms with Crippen molar-refractivity contribution >= 4 is 23.4 Å². The average molecular weight is 470 g/mol. The molecule has 0 bridgehead atoms. The van der Waals surface area contributed by atoms with E-state index in [9.17, 15) is 14.4 Å². The first kappa shape index (κ1) is 24.0. The van der Waals surface area contributed by atoms with E-state index in [1.54, 1.807) is 30.3 Å². The van der Waals surface area contributed by atoms with Gasteiger partial charge in [-0.25, -0.2) is 4.79 Å². The molecule has 6 heteroatoms. The first-order valence-electron chi connectivity index (χ1n) is 11.4. The summed E-state index contributed by atoms with van der Waals surface area (Å²) in [4.78, 5) is 39.9. The van der Waals surface area contributed by atoms with Crippen LogP contribution in [-0.2, 0) is 19.1 Å². The number of nitrogens with one attached hydrogen (secondary N) is 1. The molecule has 1 aliphatic rings. The van der Waals surface area contributed by atoms with Crippen LogP contribution in [0.4, 0.5) is 0 Å². The lowest BCUT2D eigenvalue weighted by molar-refractivity contribution is -0.150. The van der Waals surface area contributed by atoms with Gasteiger partial charge in [0.15, 0.2) is 5.54 Å². The van der Waals surface area contributed by atoms with E-state index in [1.165, 1.54) is 14.2 Å². The van der Waals surface area contributed by atoms with Crippen molar-refractivity contribution in [1.82, 2.24) is 5.32 Å². The van der Waals surface area contributed by atoms with Crippen molar-refractivity contribution in [2.75, 3.05) is 14.2 Å². The van der Waals surface area contributed by atoms with E-state index in [1.807, 2.05) is 66.7 Å². The number of esters is 2. The van der Waals surface area contributed by atoms with Crippen LogP contribution in [0.3, 0.4) is 0 Å². The van der Waals surface area contributed by atoms with Crippen LogP contribution in [0.5, 0.6) is 0 Å². The minimum Gasteiger partial charge on any atom is -0.469 e. The zero-order valence-corrected chi connectivity index (χ0v) is 19.6. The van der Waals surface area contributed by atoms with Crippen LogP contribution in [0.25, 0.3) is 5.57 Å². The highest BCUT2D eigenvalue weighted by Gasteiger charge is 2.53. The van der Waals surface area contributed by atoms with Gasteiger partial charge >= 0.3 is 11.9 Å². The predicted octanol–water partition coefficient (Wildman–Crippen LogP) is 4.39. The summed E-state index contributed by atoms with van der Waals surface area (Å²) < 4.78 is 10.4. The molecule has 3 aromatic rings. The molecule has 178 valence electrons. The smallest absolute Gasteiger partial charge is 0.336 e. The standard InChI is InChI=1S/C29H27NO5/c1-34-27(32)24-19-29(28(33)35-2,30-26(31)22-16-10-5-11-17-22)25(21-14-8-4-9-15-21)18-23(24)20-12-6-3-7-13-20/h3-18,23-24H,19H2,1-2H3,(H,30,31)/t23-,24-,29?/m1/s1. The largest absolute Gasteiger partial charge is 0.469 e. The molecular weight excluding hydrogens is 442 g/mol. The molecule has 0 aromatic heterocycles. The lowest BCUT2D eigenvalue weighted by atomic mass is 9.66. The highest BCUT2D eigenvalue weighted by atomic mass is 16.5. The number of carbonyl (C=O) groups is 3. The molecule has 4 rings (SSSR count).